The molecule has 6 atom stereocenters. The summed E-state index contributed by atoms with van der Waals surface area (Å²) in [7, 11) is -3.31. The molecular weight excluding hydrogens is 565 g/mol. The van der Waals surface area contributed by atoms with E-state index < -0.39 is 16.1 Å². The number of piperazine rings is 1. The van der Waals surface area contributed by atoms with Crippen molar-refractivity contribution in [2.75, 3.05) is 25.4 Å². The Bertz CT molecular complexity index is 1350. The molecule has 3 heterocycles. The Morgan fingerprint density at radius 3 is 2.71 bits per heavy atom. The third-order valence-corrected chi connectivity index (χ3v) is 11.3. The molecule has 3 N–H and O–H groups in total. The highest BCUT2D eigenvalue weighted by Gasteiger charge is 2.41. The number of nitrogens with one attached hydrogen (secondary N) is 1. The van der Waals surface area contributed by atoms with Crippen molar-refractivity contribution in [1.82, 2.24) is 9.62 Å². The number of fused-ring (bicyclic) bond motifs is 2. The SMILES string of the molecule is CC1(C)CC([C@H](c2ccc(Cl)cc2)[C@H](N)C(=O)Cc2cccc(F)c2CC[C@H]2CN[C@@H]3CCS(=O)(=O)N2C3)CCO1. The number of nitrogens with two attached hydrogens (primary N) is 1. The molecule has 3 saturated heterocycles. The highest BCUT2D eigenvalue weighted by Crippen LogP contribution is 2.40. The average molecular weight is 606 g/mol. The zero-order chi connectivity index (χ0) is 29.4. The van der Waals surface area contributed by atoms with Crippen LogP contribution >= 0.6 is 11.6 Å². The fourth-order valence-corrected chi connectivity index (χ4v) is 8.92. The zero-order valence-electron chi connectivity index (χ0n) is 23.8. The highest BCUT2D eigenvalue weighted by atomic mass is 35.5. The fourth-order valence-electron chi connectivity index (χ4n) is 6.93. The van der Waals surface area contributed by atoms with Gasteiger partial charge in [0.2, 0.25) is 10.0 Å². The molecule has 0 aromatic heterocycles. The van der Waals surface area contributed by atoms with Crippen LogP contribution in [0.1, 0.15) is 62.1 Å². The van der Waals surface area contributed by atoms with Gasteiger partial charge in [-0.15, -0.1) is 0 Å². The lowest BCUT2D eigenvalue weighted by Crippen LogP contribution is -2.62. The van der Waals surface area contributed by atoms with Gasteiger partial charge < -0.3 is 15.8 Å². The van der Waals surface area contributed by atoms with E-state index in [4.69, 9.17) is 22.1 Å². The van der Waals surface area contributed by atoms with Crippen LogP contribution in [0.25, 0.3) is 0 Å². The van der Waals surface area contributed by atoms with Crippen LogP contribution in [0.3, 0.4) is 0 Å². The van der Waals surface area contributed by atoms with Crippen LogP contribution in [0.15, 0.2) is 42.5 Å². The Morgan fingerprint density at radius 1 is 1.22 bits per heavy atom. The van der Waals surface area contributed by atoms with Crippen molar-refractivity contribution in [2.45, 2.75) is 82.0 Å². The van der Waals surface area contributed by atoms with Gasteiger partial charge in [-0.1, -0.05) is 35.9 Å². The van der Waals surface area contributed by atoms with Gasteiger partial charge in [-0.05, 0) is 86.8 Å². The molecule has 2 bridgehead atoms. The summed E-state index contributed by atoms with van der Waals surface area (Å²) in [6.07, 6.45) is 2.99. The first kappa shape index (κ1) is 30.6. The summed E-state index contributed by atoms with van der Waals surface area (Å²) < 4.78 is 48.1. The second-order valence-corrected chi connectivity index (χ2v) is 14.9. The van der Waals surface area contributed by atoms with E-state index >= 15 is 4.39 Å². The summed E-state index contributed by atoms with van der Waals surface area (Å²) in [6.45, 7) is 5.71. The summed E-state index contributed by atoms with van der Waals surface area (Å²) in [5.74, 6) is -0.489. The summed E-state index contributed by atoms with van der Waals surface area (Å²) in [4.78, 5) is 13.8. The van der Waals surface area contributed by atoms with Crippen LogP contribution < -0.4 is 11.1 Å². The van der Waals surface area contributed by atoms with Crippen LogP contribution in [0.5, 0.6) is 0 Å². The third kappa shape index (κ3) is 7.03. The van der Waals surface area contributed by atoms with Crippen molar-refractivity contribution in [3.8, 4) is 0 Å². The number of ketones is 1. The van der Waals surface area contributed by atoms with Crippen molar-refractivity contribution in [2.24, 2.45) is 11.7 Å². The van der Waals surface area contributed by atoms with E-state index in [2.05, 4.69) is 19.2 Å². The Kier molecular flexibility index (Phi) is 9.24. The summed E-state index contributed by atoms with van der Waals surface area (Å²) >= 11 is 6.17. The third-order valence-electron chi connectivity index (χ3n) is 9.10. The van der Waals surface area contributed by atoms with Crippen LogP contribution in [0.4, 0.5) is 4.39 Å². The second kappa shape index (κ2) is 12.4. The Morgan fingerprint density at radius 2 is 1.98 bits per heavy atom. The molecule has 0 amide bonds. The molecule has 0 saturated carbocycles. The molecule has 3 aliphatic heterocycles. The monoisotopic (exact) mass is 605 g/mol. The van der Waals surface area contributed by atoms with E-state index in [1.165, 1.54) is 6.07 Å². The van der Waals surface area contributed by atoms with Crippen LogP contribution in [0, 0.1) is 11.7 Å². The number of hydrogen-bond donors (Lipinski definition) is 2. The first-order valence-corrected chi connectivity index (χ1v) is 16.6. The Hall–Kier alpha value is -1.88. The first-order valence-electron chi connectivity index (χ1n) is 14.6. The average Bonchev–Trinajstić information content (AvgIpc) is 2.92. The molecule has 5 rings (SSSR count). The number of Topliss-reactive ketones (excluding diaryl/α,β-unsaturated/α-hetero) is 1. The number of halogens is 2. The Labute approximate surface area is 248 Å². The maximum atomic E-state index is 15.2. The number of rotatable bonds is 9. The summed E-state index contributed by atoms with van der Waals surface area (Å²) in [5.41, 5.74) is 8.47. The normalized spacial score (nSPS) is 28.5. The van der Waals surface area contributed by atoms with Crippen molar-refractivity contribution in [3.05, 3.63) is 70.0 Å². The van der Waals surface area contributed by atoms with E-state index in [0.717, 1.165) is 18.4 Å². The standard InChI is InChI=1S/C31H41ClFN3O4S/c1-31(2)17-22(12-14-40-31)29(20-6-8-23(32)9-7-20)30(34)28(37)16-21-4-3-5-27(33)26(21)11-10-25-18-35-24-13-15-41(38,39)36(25)19-24/h3-9,22,24-25,29-30,35H,10-19,34H2,1-2H3/t22?,24-,25+,29+,30-/m1/s1. The lowest BCUT2D eigenvalue weighted by molar-refractivity contribution is -0.122. The molecule has 3 fully saturated rings. The van der Waals surface area contributed by atoms with Gasteiger partial charge in [0, 0.05) is 49.1 Å². The zero-order valence-corrected chi connectivity index (χ0v) is 25.4. The molecule has 7 nitrogen and oxygen atoms in total. The number of hydrogen-bond acceptors (Lipinski definition) is 6. The van der Waals surface area contributed by atoms with E-state index in [1.54, 1.807) is 16.4 Å². The summed E-state index contributed by atoms with van der Waals surface area (Å²) in [6, 6.07) is 11.5. The molecule has 0 aliphatic carbocycles. The molecule has 2 unspecified atom stereocenters. The van der Waals surface area contributed by atoms with Crippen molar-refractivity contribution in [1.29, 1.82) is 0 Å². The molecule has 3 aliphatic rings. The van der Waals surface area contributed by atoms with Crippen LogP contribution in [0.2, 0.25) is 5.02 Å². The van der Waals surface area contributed by atoms with Gasteiger partial charge in [0.05, 0.1) is 17.4 Å². The van der Waals surface area contributed by atoms with Gasteiger partial charge >= 0.3 is 0 Å². The molecule has 0 radical (unpaired) electrons. The van der Waals surface area contributed by atoms with Gasteiger partial charge in [-0.3, -0.25) is 4.79 Å². The van der Waals surface area contributed by atoms with Gasteiger partial charge in [-0.25, -0.2) is 12.8 Å². The smallest absolute Gasteiger partial charge is 0.214 e. The van der Waals surface area contributed by atoms with Crippen molar-refractivity contribution in [3.63, 3.8) is 0 Å². The molecule has 41 heavy (non-hydrogen) atoms. The van der Waals surface area contributed by atoms with E-state index in [1.807, 2.05) is 24.3 Å². The molecule has 2 aromatic rings. The van der Waals surface area contributed by atoms with Gasteiger partial charge in [0.25, 0.3) is 0 Å². The molecular formula is C31H41ClFN3O4S. The number of nitrogens with zero attached hydrogens (tertiary/aromatic N) is 1. The van der Waals surface area contributed by atoms with Crippen molar-refractivity contribution >= 4 is 27.4 Å². The van der Waals surface area contributed by atoms with E-state index in [-0.39, 0.29) is 53.3 Å². The molecule has 224 valence electrons. The quantitative estimate of drug-likeness (QED) is 0.444. The van der Waals surface area contributed by atoms with E-state index in [9.17, 15) is 13.2 Å². The minimum absolute atomic E-state index is 0.0119. The summed E-state index contributed by atoms with van der Waals surface area (Å²) in [5, 5.41) is 4.05. The number of carbonyl (C=O) groups is 1. The topological polar surface area (TPSA) is 102 Å². The second-order valence-electron chi connectivity index (χ2n) is 12.5. The van der Waals surface area contributed by atoms with Crippen LogP contribution in [-0.4, -0.2) is 67.7 Å². The fraction of sp³-hybridized carbons (Fsp3) is 0.581. The predicted octanol–water partition coefficient (Wildman–Crippen LogP) is 4.22. The van der Waals surface area contributed by atoms with Crippen LogP contribution in [-0.2, 0) is 32.4 Å². The lowest BCUT2D eigenvalue weighted by Gasteiger charge is -2.43. The minimum Gasteiger partial charge on any atom is -0.376 e. The molecule has 0 spiro atoms. The van der Waals surface area contributed by atoms with E-state index in [0.29, 0.717) is 55.1 Å². The minimum atomic E-state index is -3.31. The number of benzene rings is 2. The largest absolute Gasteiger partial charge is 0.376 e. The predicted molar refractivity (Wildman–Crippen MR) is 159 cm³/mol. The number of ether oxygens (including phenoxy) is 1. The highest BCUT2D eigenvalue weighted by molar-refractivity contribution is 7.89. The molecule has 10 heteroatoms. The molecule has 2 aromatic carbocycles. The Balaban J connectivity index is 1.34. The van der Waals surface area contributed by atoms with Gasteiger partial charge in [0.15, 0.2) is 5.78 Å². The lowest BCUT2D eigenvalue weighted by atomic mass is 9.72. The van der Waals surface area contributed by atoms with Gasteiger partial charge in [-0.2, -0.15) is 4.31 Å². The first-order chi connectivity index (χ1) is 19.4. The van der Waals surface area contributed by atoms with Crippen molar-refractivity contribution < 1.29 is 22.3 Å². The maximum Gasteiger partial charge on any atom is 0.214 e. The maximum absolute atomic E-state index is 15.2. The van der Waals surface area contributed by atoms with Gasteiger partial charge in [0.1, 0.15) is 5.82 Å². The number of sulfonamides is 1. The number of carbonyl (C=O) groups excluding carboxylic acids is 1.